The van der Waals surface area contributed by atoms with Crippen LogP contribution < -0.4 is 10.1 Å². The Morgan fingerprint density at radius 1 is 1.06 bits per heavy atom. The van der Waals surface area contributed by atoms with Crippen LogP contribution >= 0.6 is 11.3 Å². The number of nitrogens with one attached hydrogen (secondary N) is 1. The molecule has 192 valence electrons. The molecule has 1 heterocycles. The van der Waals surface area contributed by atoms with Crippen molar-refractivity contribution in [2.24, 2.45) is 0 Å². The maximum Gasteiger partial charge on any atom is 0.305 e. The van der Waals surface area contributed by atoms with Crippen molar-refractivity contribution in [3.63, 3.8) is 0 Å². The van der Waals surface area contributed by atoms with Crippen molar-refractivity contribution in [2.75, 3.05) is 6.54 Å². The largest absolute Gasteiger partial charge is 0.485 e. The molecule has 3 rings (SSSR count). The molecule has 2 N–H and O–H groups in total. The first kappa shape index (κ1) is 27.5. The van der Waals surface area contributed by atoms with Crippen LogP contribution in [-0.2, 0) is 10.2 Å². The minimum atomic E-state index is -0.932. The summed E-state index contributed by atoms with van der Waals surface area (Å²) >= 11 is 1.40. The van der Waals surface area contributed by atoms with E-state index < -0.39 is 5.97 Å². The summed E-state index contributed by atoms with van der Waals surface area (Å²) in [6, 6.07) is 18.7. The van der Waals surface area contributed by atoms with E-state index in [1.54, 1.807) is 6.07 Å². The minimum absolute atomic E-state index is 0.0950. The van der Waals surface area contributed by atoms with E-state index in [2.05, 4.69) is 76.3 Å². The zero-order chi connectivity index (χ0) is 26.3. The molecule has 0 fully saturated rings. The number of hydrogen-bond acceptors (Lipinski definition) is 4. The zero-order valence-electron chi connectivity index (χ0n) is 21.9. The number of unbranched alkanes of at least 4 members (excludes halogenated alkanes) is 1. The van der Waals surface area contributed by atoms with Crippen molar-refractivity contribution in [3.05, 3.63) is 75.5 Å². The lowest BCUT2D eigenvalue weighted by Gasteiger charge is -2.20. The molecule has 0 bridgehead atoms. The Labute approximate surface area is 218 Å². The van der Waals surface area contributed by atoms with Crippen LogP contribution in [0.15, 0.2) is 54.6 Å². The molecule has 0 saturated carbocycles. The van der Waals surface area contributed by atoms with Gasteiger partial charge in [0.05, 0.1) is 11.3 Å². The number of carboxylic acids is 1. The second kappa shape index (κ2) is 12.2. The van der Waals surface area contributed by atoms with Crippen LogP contribution in [0.2, 0.25) is 0 Å². The van der Waals surface area contributed by atoms with Gasteiger partial charge >= 0.3 is 5.97 Å². The Morgan fingerprint density at radius 2 is 1.78 bits per heavy atom. The Hall–Kier alpha value is -3.12. The van der Waals surface area contributed by atoms with Crippen LogP contribution in [0.25, 0.3) is 11.1 Å². The fourth-order valence-electron chi connectivity index (χ4n) is 4.01. The third-order valence-corrected chi connectivity index (χ3v) is 7.33. The number of thiophene rings is 1. The molecule has 5 nitrogen and oxygen atoms in total. The van der Waals surface area contributed by atoms with Gasteiger partial charge in [0, 0.05) is 11.4 Å². The number of ether oxygens (including phenoxy) is 1. The number of carbonyl (C=O) groups excluding carboxylic acids is 1. The molecule has 0 unspecified atom stereocenters. The van der Waals surface area contributed by atoms with Gasteiger partial charge in [-0.1, -0.05) is 64.4 Å². The van der Waals surface area contributed by atoms with Gasteiger partial charge in [-0.25, -0.2) is 0 Å². The predicted octanol–water partition coefficient (Wildman–Crippen LogP) is 7.54. The fourth-order valence-corrected chi connectivity index (χ4v) is 5.00. The van der Waals surface area contributed by atoms with E-state index in [4.69, 9.17) is 9.84 Å². The molecule has 1 aromatic heterocycles. The topological polar surface area (TPSA) is 75.6 Å². The maximum absolute atomic E-state index is 12.4. The second-order valence-electron chi connectivity index (χ2n) is 10.2. The highest BCUT2D eigenvalue weighted by atomic mass is 32.1. The van der Waals surface area contributed by atoms with Gasteiger partial charge in [0.1, 0.15) is 11.9 Å². The van der Waals surface area contributed by atoms with Crippen LogP contribution in [0.3, 0.4) is 0 Å². The monoisotopic (exact) mass is 507 g/mol. The standard InChI is InChI=1S/C30H37NO4S/c1-6-7-8-25(26-15-16-27(36-26)29(34)31-18-17-28(32)33)35-23-13-14-24(20(2)19-23)21-9-11-22(12-10-21)30(3,4)5/h9-16,19,25H,6-8,17-18H2,1-5H3,(H,31,34)(H,32,33)/t25-/m1/s1. The quantitative estimate of drug-likeness (QED) is 0.281. The summed E-state index contributed by atoms with van der Waals surface area (Å²) in [5.74, 6) is -0.373. The molecule has 1 amide bonds. The van der Waals surface area contributed by atoms with Gasteiger partial charge in [0.15, 0.2) is 0 Å². The summed E-state index contributed by atoms with van der Waals surface area (Å²) in [5, 5.41) is 11.4. The molecular formula is C30H37NO4S. The molecule has 0 spiro atoms. The van der Waals surface area contributed by atoms with Crippen LogP contribution in [0.1, 0.15) is 85.2 Å². The number of aliphatic carboxylic acids is 1. The average molecular weight is 508 g/mol. The molecule has 6 heteroatoms. The SMILES string of the molecule is CCCC[C@@H](Oc1ccc(-c2ccc(C(C)(C)C)cc2)c(C)c1)c1ccc(C(=O)NCCC(=O)O)s1. The van der Waals surface area contributed by atoms with Crippen LogP contribution in [-0.4, -0.2) is 23.5 Å². The van der Waals surface area contributed by atoms with E-state index in [0.29, 0.717) is 4.88 Å². The third kappa shape index (κ3) is 7.44. The first-order chi connectivity index (χ1) is 17.1. The molecule has 3 aromatic rings. The summed E-state index contributed by atoms with van der Waals surface area (Å²) < 4.78 is 6.44. The molecule has 0 radical (unpaired) electrons. The fraction of sp³-hybridized carbons (Fsp3) is 0.400. The molecule has 0 aliphatic heterocycles. The normalized spacial score (nSPS) is 12.2. The highest BCUT2D eigenvalue weighted by molar-refractivity contribution is 7.14. The van der Waals surface area contributed by atoms with E-state index >= 15 is 0 Å². The van der Waals surface area contributed by atoms with Gasteiger partial charge in [-0.05, 0) is 71.7 Å². The third-order valence-electron chi connectivity index (χ3n) is 6.15. The van der Waals surface area contributed by atoms with Gasteiger partial charge in [0.25, 0.3) is 5.91 Å². The van der Waals surface area contributed by atoms with Gasteiger partial charge in [-0.15, -0.1) is 11.3 Å². The number of rotatable bonds is 11. The lowest BCUT2D eigenvalue weighted by molar-refractivity contribution is -0.136. The molecule has 1 atom stereocenters. The van der Waals surface area contributed by atoms with E-state index in [0.717, 1.165) is 35.5 Å². The molecule has 36 heavy (non-hydrogen) atoms. The van der Waals surface area contributed by atoms with Crippen LogP contribution in [0.5, 0.6) is 5.75 Å². The summed E-state index contributed by atoms with van der Waals surface area (Å²) in [6.07, 6.45) is 2.68. The van der Waals surface area contributed by atoms with Crippen molar-refractivity contribution < 1.29 is 19.4 Å². The average Bonchev–Trinajstić information content (AvgIpc) is 3.31. The van der Waals surface area contributed by atoms with Crippen LogP contribution in [0.4, 0.5) is 0 Å². The first-order valence-corrected chi connectivity index (χ1v) is 13.4. The van der Waals surface area contributed by atoms with Crippen LogP contribution in [0, 0.1) is 6.92 Å². The van der Waals surface area contributed by atoms with Crippen molar-refractivity contribution >= 4 is 23.2 Å². The number of carbonyl (C=O) groups is 2. The molecule has 2 aromatic carbocycles. The summed E-state index contributed by atoms with van der Waals surface area (Å²) in [4.78, 5) is 24.6. The van der Waals surface area contributed by atoms with Gasteiger partial charge < -0.3 is 15.2 Å². The minimum Gasteiger partial charge on any atom is -0.485 e. The summed E-state index contributed by atoms with van der Waals surface area (Å²) in [5.41, 5.74) is 4.96. The lowest BCUT2D eigenvalue weighted by Crippen LogP contribution is -2.25. The van der Waals surface area contributed by atoms with E-state index in [1.165, 1.54) is 28.0 Å². The van der Waals surface area contributed by atoms with Gasteiger partial charge in [-0.2, -0.15) is 0 Å². The molecular weight excluding hydrogens is 470 g/mol. The van der Waals surface area contributed by atoms with Gasteiger partial charge in [-0.3, -0.25) is 9.59 Å². The highest BCUT2D eigenvalue weighted by Gasteiger charge is 2.19. The number of benzene rings is 2. The van der Waals surface area contributed by atoms with E-state index in [-0.39, 0.29) is 30.4 Å². The van der Waals surface area contributed by atoms with E-state index in [9.17, 15) is 9.59 Å². The number of amides is 1. The molecule has 0 aliphatic carbocycles. The molecule has 0 aliphatic rings. The highest BCUT2D eigenvalue weighted by Crippen LogP contribution is 2.34. The van der Waals surface area contributed by atoms with Crippen molar-refractivity contribution in [1.82, 2.24) is 5.32 Å². The smallest absolute Gasteiger partial charge is 0.305 e. The number of aryl methyl sites for hydroxylation is 1. The Morgan fingerprint density at radius 3 is 2.39 bits per heavy atom. The van der Waals surface area contributed by atoms with Crippen molar-refractivity contribution in [2.45, 2.75) is 71.8 Å². The molecule has 0 saturated heterocycles. The predicted molar refractivity (Wildman–Crippen MR) is 147 cm³/mol. The summed E-state index contributed by atoms with van der Waals surface area (Å²) in [7, 11) is 0. The van der Waals surface area contributed by atoms with Crippen molar-refractivity contribution in [1.29, 1.82) is 0 Å². The van der Waals surface area contributed by atoms with E-state index in [1.807, 2.05) is 12.1 Å². The zero-order valence-corrected chi connectivity index (χ0v) is 22.7. The Balaban J connectivity index is 1.75. The second-order valence-corrected chi connectivity index (χ2v) is 11.3. The van der Waals surface area contributed by atoms with Gasteiger partial charge in [0.2, 0.25) is 0 Å². The Bertz CT molecular complexity index is 1170. The lowest BCUT2D eigenvalue weighted by atomic mass is 9.86. The summed E-state index contributed by atoms with van der Waals surface area (Å²) in [6.45, 7) is 11.0. The van der Waals surface area contributed by atoms with Crippen molar-refractivity contribution in [3.8, 4) is 16.9 Å². The number of carboxylic acid groups (broad SMARTS) is 1. The Kier molecular flexibility index (Phi) is 9.32. The maximum atomic E-state index is 12.4. The first-order valence-electron chi connectivity index (χ1n) is 12.6. The number of hydrogen-bond donors (Lipinski definition) is 2.